The Kier molecular flexibility index (Phi) is 6.27. The Morgan fingerprint density at radius 3 is 2.39 bits per heavy atom. The molecule has 0 saturated heterocycles. The van der Waals surface area contributed by atoms with Crippen molar-refractivity contribution in [1.82, 2.24) is 19.6 Å². The average molecular weight is 471 g/mol. The van der Waals surface area contributed by atoms with Gasteiger partial charge in [-0.05, 0) is 74.7 Å². The van der Waals surface area contributed by atoms with Crippen molar-refractivity contribution in [2.75, 3.05) is 33.7 Å². The first kappa shape index (κ1) is 24.0. The zero-order chi connectivity index (χ0) is 24.1. The lowest BCUT2D eigenvalue weighted by Gasteiger charge is -2.39. The van der Waals surface area contributed by atoms with E-state index in [0.717, 1.165) is 18.5 Å². The van der Waals surface area contributed by atoms with E-state index in [1.54, 1.807) is 16.4 Å². The van der Waals surface area contributed by atoms with E-state index in [1.165, 1.54) is 22.4 Å². The van der Waals surface area contributed by atoms with Crippen LogP contribution in [0.3, 0.4) is 0 Å². The molecule has 1 atom stereocenters. The number of hydrogen-bond acceptors (Lipinski definition) is 5. The highest BCUT2D eigenvalue weighted by Crippen LogP contribution is 2.42. The minimum absolute atomic E-state index is 0.00835. The van der Waals surface area contributed by atoms with Crippen LogP contribution in [-0.4, -0.2) is 62.4 Å². The summed E-state index contributed by atoms with van der Waals surface area (Å²) < 4.78 is 28.8. The van der Waals surface area contributed by atoms with Gasteiger partial charge in [0.1, 0.15) is 0 Å². The fourth-order valence-electron chi connectivity index (χ4n) is 4.96. The van der Waals surface area contributed by atoms with Gasteiger partial charge in [-0.3, -0.25) is 5.01 Å². The second kappa shape index (κ2) is 8.60. The number of fused-ring (bicyclic) bond motifs is 1. The lowest BCUT2D eigenvalue weighted by atomic mass is 9.79. The maximum absolute atomic E-state index is 13.6. The van der Waals surface area contributed by atoms with Crippen LogP contribution >= 0.6 is 0 Å². The van der Waals surface area contributed by atoms with Crippen molar-refractivity contribution in [2.45, 2.75) is 57.4 Å². The Morgan fingerprint density at radius 1 is 1.15 bits per heavy atom. The zero-order valence-corrected chi connectivity index (χ0v) is 21.8. The lowest BCUT2D eigenvalue weighted by molar-refractivity contribution is 0.248. The molecule has 0 unspecified atom stereocenters. The molecule has 6 nitrogen and oxygen atoms in total. The molecular formula is C26H38N4O2S. The van der Waals surface area contributed by atoms with E-state index in [4.69, 9.17) is 0 Å². The molecule has 0 bridgehead atoms. The van der Waals surface area contributed by atoms with Gasteiger partial charge < -0.3 is 10.3 Å². The number of sulfonamides is 1. The minimum atomic E-state index is -3.55. The normalized spacial score (nSPS) is 21.7. The Balaban J connectivity index is 1.66. The van der Waals surface area contributed by atoms with Crippen molar-refractivity contribution in [3.63, 3.8) is 0 Å². The fourth-order valence-corrected chi connectivity index (χ4v) is 6.38. The van der Waals surface area contributed by atoms with E-state index < -0.39 is 10.0 Å². The van der Waals surface area contributed by atoms with Crippen molar-refractivity contribution in [1.29, 1.82) is 0 Å². The van der Waals surface area contributed by atoms with Crippen molar-refractivity contribution in [3.05, 3.63) is 64.5 Å². The van der Waals surface area contributed by atoms with Crippen molar-refractivity contribution in [2.24, 2.45) is 5.92 Å². The van der Waals surface area contributed by atoms with Gasteiger partial charge in [0.15, 0.2) is 0 Å². The monoisotopic (exact) mass is 470 g/mol. The molecule has 2 aliphatic heterocycles. The topological polar surface area (TPSA) is 55.9 Å². The van der Waals surface area contributed by atoms with Gasteiger partial charge >= 0.3 is 0 Å². The first-order chi connectivity index (χ1) is 15.4. The van der Waals surface area contributed by atoms with E-state index in [0.29, 0.717) is 24.0 Å². The van der Waals surface area contributed by atoms with Gasteiger partial charge in [-0.1, -0.05) is 32.9 Å². The summed E-state index contributed by atoms with van der Waals surface area (Å²) in [5.74, 6) is 0.174. The first-order valence-electron chi connectivity index (χ1n) is 11.8. The highest BCUT2D eigenvalue weighted by molar-refractivity contribution is 7.89. The van der Waals surface area contributed by atoms with Crippen molar-refractivity contribution in [3.8, 4) is 0 Å². The van der Waals surface area contributed by atoms with E-state index >= 15 is 0 Å². The number of benzene rings is 1. The third-order valence-corrected chi connectivity index (χ3v) is 8.69. The summed E-state index contributed by atoms with van der Waals surface area (Å²) in [5.41, 5.74) is 9.55. The summed E-state index contributed by atoms with van der Waals surface area (Å²) >= 11 is 0. The third kappa shape index (κ3) is 4.51. The van der Waals surface area contributed by atoms with Crippen LogP contribution < -0.4 is 5.43 Å². The van der Waals surface area contributed by atoms with Gasteiger partial charge in [-0.15, -0.1) is 0 Å². The molecule has 1 aromatic carbocycles. The second-order valence-corrected chi connectivity index (χ2v) is 12.9. The Labute approximate surface area is 199 Å². The van der Waals surface area contributed by atoms with Gasteiger partial charge in [0.2, 0.25) is 10.0 Å². The van der Waals surface area contributed by atoms with Crippen molar-refractivity contribution >= 4 is 10.0 Å². The Hall–Kier alpha value is -2.09. The maximum Gasteiger partial charge on any atom is 0.243 e. The average Bonchev–Trinajstić information content (AvgIpc) is 3.16. The molecule has 0 radical (unpaired) electrons. The van der Waals surface area contributed by atoms with Crippen LogP contribution in [0.25, 0.3) is 0 Å². The molecule has 4 rings (SSSR count). The summed E-state index contributed by atoms with van der Waals surface area (Å²) in [6.45, 7) is 12.6. The van der Waals surface area contributed by atoms with Crippen LogP contribution in [0.1, 0.15) is 46.6 Å². The number of nitrogens with one attached hydrogen (secondary N) is 1. The molecule has 0 amide bonds. The van der Waals surface area contributed by atoms with Crippen LogP contribution in [0.15, 0.2) is 63.9 Å². The predicted molar refractivity (Wildman–Crippen MR) is 134 cm³/mol. The SMILES string of the molecule is CC(C)N1NC=C2C1=CC1=C(CN(S(=O)(=O)c3ccc(C(C)(C)C)cc3)CC1)[C@@H]2CN(C)C. The lowest BCUT2D eigenvalue weighted by Crippen LogP contribution is -2.42. The first-order valence-corrected chi connectivity index (χ1v) is 13.3. The standard InChI is InChI=1S/C26H38N4O2S/c1-18(2)30-25-14-19-12-13-29(17-23(19)24(16-28(6)7)22(25)15-27-30)33(31,32)21-10-8-20(9-11-21)26(3,4)5/h8-11,14-15,18,24,27H,12-13,16-17H2,1-7H3/t24-/m1/s1. The molecule has 0 fully saturated rings. The number of allylic oxidation sites excluding steroid dienone is 2. The number of hydrazine groups is 1. The quantitative estimate of drug-likeness (QED) is 0.708. The molecule has 1 aromatic rings. The van der Waals surface area contributed by atoms with E-state index in [9.17, 15) is 8.42 Å². The third-order valence-electron chi connectivity index (χ3n) is 6.83. The predicted octanol–water partition coefficient (Wildman–Crippen LogP) is 3.86. The molecule has 33 heavy (non-hydrogen) atoms. The molecule has 7 heteroatoms. The van der Waals surface area contributed by atoms with Crippen LogP contribution in [0.5, 0.6) is 0 Å². The second-order valence-electron chi connectivity index (χ2n) is 11.0. The van der Waals surface area contributed by atoms with Crippen LogP contribution in [0.2, 0.25) is 0 Å². The molecule has 0 spiro atoms. The van der Waals surface area contributed by atoms with E-state index in [2.05, 4.69) is 76.3 Å². The van der Waals surface area contributed by atoms with Crippen LogP contribution in [-0.2, 0) is 15.4 Å². The fraction of sp³-hybridized carbons (Fsp3) is 0.538. The van der Waals surface area contributed by atoms with Crippen molar-refractivity contribution < 1.29 is 8.42 Å². The summed E-state index contributed by atoms with van der Waals surface area (Å²) in [4.78, 5) is 2.57. The van der Waals surface area contributed by atoms with Gasteiger partial charge in [-0.2, -0.15) is 4.31 Å². The largest absolute Gasteiger partial charge is 0.308 e. The molecule has 1 N–H and O–H groups in total. The molecule has 1 aliphatic carbocycles. The number of nitrogens with zero attached hydrogens (tertiary/aromatic N) is 3. The molecule has 180 valence electrons. The molecule has 2 heterocycles. The van der Waals surface area contributed by atoms with E-state index in [1.807, 2.05) is 12.1 Å². The van der Waals surface area contributed by atoms with Crippen LogP contribution in [0, 0.1) is 5.92 Å². The zero-order valence-electron chi connectivity index (χ0n) is 21.0. The van der Waals surface area contributed by atoms with E-state index in [-0.39, 0.29) is 11.3 Å². The molecule has 0 aromatic heterocycles. The van der Waals surface area contributed by atoms with Gasteiger partial charge in [-0.25, -0.2) is 8.42 Å². The number of rotatable bonds is 5. The Morgan fingerprint density at radius 2 is 1.82 bits per heavy atom. The molecule has 3 aliphatic rings. The number of hydrogen-bond donors (Lipinski definition) is 1. The molecule has 0 saturated carbocycles. The smallest absolute Gasteiger partial charge is 0.243 e. The highest BCUT2D eigenvalue weighted by Gasteiger charge is 2.39. The summed E-state index contributed by atoms with van der Waals surface area (Å²) in [6.07, 6.45) is 5.11. The summed E-state index contributed by atoms with van der Waals surface area (Å²) in [5, 5.41) is 2.21. The molecular weight excluding hydrogens is 432 g/mol. The van der Waals surface area contributed by atoms with Crippen LogP contribution in [0.4, 0.5) is 0 Å². The van der Waals surface area contributed by atoms with Gasteiger partial charge in [0.05, 0.1) is 10.6 Å². The Bertz CT molecular complexity index is 1110. The minimum Gasteiger partial charge on any atom is -0.308 e. The maximum atomic E-state index is 13.6. The summed E-state index contributed by atoms with van der Waals surface area (Å²) in [6, 6.07) is 7.76. The summed E-state index contributed by atoms with van der Waals surface area (Å²) in [7, 11) is 0.604. The van der Waals surface area contributed by atoms with Gasteiger partial charge in [0, 0.05) is 43.4 Å². The highest BCUT2D eigenvalue weighted by atomic mass is 32.2. The van der Waals surface area contributed by atoms with Gasteiger partial charge in [0.25, 0.3) is 0 Å².